The van der Waals surface area contributed by atoms with E-state index in [9.17, 15) is 9.59 Å². The molecular weight excluding hydrogens is 268 g/mol. The second-order valence-electron chi connectivity index (χ2n) is 4.85. The van der Waals surface area contributed by atoms with Crippen LogP contribution in [-0.4, -0.2) is 29.6 Å². The number of nitrogens with one attached hydrogen (secondary N) is 2. The molecule has 0 aliphatic carbocycles. The summed E-state index contributed by atoms with van der Waals surface area (Å²) in [4.78, 5) is 22.9. The first-order chi connectivity index (χ1) is 10.2. The molecule has 1 saturated heterocycles. The third kappa shape index (κ3) is 4.62. The van der Waals surface area contributed by atoms with E-state index in [1.807, 2.05) is 24.3 Å². The fourth-order valence-corrected chi connectivity index (χ4v) is 2.05. The van der Waals surface area contributed by atoms with Crippen molar-refractivity contribution in [1.29, 1.82) is 0 Å². The molecule has 21 heavy (non-hydrogen) atoms. The van der Waals surface area contributed by atoms with Crippen molar-refractivity contribution in [3.05, 3.63) is 35.4 Å². The third-order valence-electron chi connectivity index (χ3n) is 3.20. The highest BCUT2D eigenvalue weighted by atomic mass is 16.2. The number of carbonyl (C=O) groups is 2. The van der Waals surface area contributed by atoms with Gasteiger partial charge in [0.05, 0.1) is 6.61 Å². The van der Waals surface area contributed by atoms with E-state index in [2.05, 4.69) is 22.5 Å². The predicted octanol–water partition coefficient (Wildman–Crippen LogP) is 0.315. The van der Waals surface area contributed by atoms with Crippen molar-refractivity contribution in [3.63, 3.8) is 0 Å². The van der Waals surface area contributed by atoms with Gasteiger partial charge in [-0.05, 0) is 24.1 Å². The maximum absolute atomic E-state index is 11.8. The Morgan fingerprint density at radius 3 is 2.76 bits per heavy atom. The molecule has 1 atom stereocenters. The summed E-state index contributed by atoms with van der Waals surface area (Å²) in [5.41, 5.74) is 1.85. The number of amides is 2. The summed E-state index contributed by atoms with van der Waals surface area (Å²) in [6.45, 7) is 0.490. The van der Waals surface area contributed by atoms with E-state index in [1.165, 1.54) is 0 Å². The quantitative estimate of drug-likeness (QED) is 0.697. The van der Waals surface area contributed by atoms with Crippen LogP contribution in [0.5, 0.6) is 0 Å². The summed E-state index contributed by atoms with van der Waals surface area (Å²) < 4.78 is 0. The maximum atomic E-state index is 11.8. The monoisotopic (exact) mass is 286 g/mol. The second-order valence-corrected chi connectivity index (χ2v) is 4.85. The molecule has 2 rings (SSSR count). The standard InChI is InChI=1S/C16H18N2O3/c19-10-2-1-3-12-4-6-13(7-5-12)11-17-16(21)14-8-9-15(20)18-14/h4-7,14,19H,2,8-11H2,(H,17,21)(H,18,20). The largest absolute Gasteiger partial charge is 0.395 e. The van der Waals surface area contributed by atoms with Crippen molar-refractivity contribution < 1.29 is 14.7 Å². The Labute approximate surface area is 123 Å². The SMILES string of the molecule is O=C1CCC(C(=O)NCc2ccc(C#CCCO)cc2)N1. The van der Waals surface area contributed by atoms with E-state index in [0.717, 1.165) is 11.1 Å². The zero-order valence-electron chi connectivity index (χ0n) is 11.7. The Morgan fingerprint density at radius 1 is 1.38 bits per heavy atom. The van der Waals surface area contributed by atoms with Gasteiger partial charge >= 0.3 is 0 Å². The number of hydrogen-bond acceptors (Lipinski definition) is 3. The molecule has 1 heterocycles. The average molecular weight is 286 g/mol. The van der Waals surface area contributed by atoms with E-state index in [1.54, 1.807) is 0 Å². The lowest BCUT2D eigenvalue weighted by molar-refractivity contribution is -0.125. The molecule has 2 amide bonds. The molecule has 1 aromatic rings. The van der Waals surface area contributed by atoms with Gasteiger partial charge in [-0.3, -0.25) is 9.59 Å². The van der Waals surface area contributed by atoms with Crippen molar-refractivity contribution in [1.82, 2.24) is 10.6 Å². The van der Waals surface area contributed by atoms with Gasteiger partial charge in [-0.25, -0.2) is 0 Å². The average Bonchev–Trinajstić information content (AvgIpc) is 2.93. The van der Waals surface area contributed by atoms with Crippen LogP contribution in [0.15, 0.2) is 24.3 Å². The lowest BCUT2D eigenvalue weighted by atomic mass is 10.1. The third-order valence-corrected chi connectivity index (χ3v) is 3.20. The summed E-state index contributed by atoms with van der Waals surface area (Å²) in [7, 11) is 0. The molecule has 0 radical (unpaired) electrons. The highest BCUT2D eigenvalue weighted by molar-refractivity contribution is 5.90. The Morgan fingerprint density at radius 2 is 2.14 bits per heavy atom. The maximum Gasteiger partial charge on any atom is 0.242 e. The molecule has 5 nitrogen and oxygen atoms in total. The zero-order valence-corrected chi connectivity index (χ0v) is 11.7. The van der Waals surface area contributed by atoms with Gasteiger partial charge in [-0.2, -0.15) is 0 Å². The highest BCUT2D eigenvalue weighted by Gasteiger charge is 2.26. The number of rotatable bonds is 4. The Bertz CT molecular complexity index is 569. The smallest absolute Gasteiger partial charge is 0.242 e. The Kier molecular flexibility index (Phi) is 5.35. The van der Waals surface area contributed by atoms with Crippen molar-refractivity contribution in [2.75, 3.05) is 6.61 Å². The van der Waals surface area contributed by atoms with Gasteiger partial charge in [-0.1, -0.05) is 24.0 Å². The van der Waals surface area contributed by atoms with Crippen molar-refractivity contribution in [2.45, 2.75) is 31.8 Å². The van der Waals surface area contributed by atoms with Gasteiger partial charge in [0.15, 0.2) is 0 Å². The molecule has 1 unspecified atom stereocenters. The minimum absolute atomic E-state index is 0.0643. The molecule has 5 heteroatoms. The van der Waals surface area contributed by atoms with Gasteiger partial charge in [0, 0.05) is 24.9 Å². The van der Waals surface area contributed by atoms with Crippen LogP contribution in [0.4, 0.5) is 0 Å². The van der Waals surface area contributed by atoms with Gasteiger partial charge in [-0.15, -0.1) is 0 Å². The Hall–Kier alpha value is -2.32. The van der Waals surface area contributed by atoms with Gasteiger partial charge in [0.25, 0.3) is 0 Å². The number of carbonyl (C=O) groups excluding carboxylic acids is 2. The molecule has 0 aromatic heterocycles. The number of aliphatic hydroxyl groups is 1. The van der Waals surface area contributed by atoms with Crippen LogP contribution < -0.4 is 10.6 Å². The summed E-state index contributed by atoms with van der Waals surface area (Å²) in [5.74, 6) is 5.58. The summed E-state index contributed by atoms with van der Waals surface area (Å²) in [6.07, 6.45) is 1.44. The predicted molar refractivity (Wildman–Crippen MR) is 78.0 cm³/mol. The first-order valence-corrected chi connectivity index (χ1v) is 6.95. The van der Waals surface area contributed by atoms with E-state index >= 15 is 0 Å². The van der Waals surface area contributed by atoms with Crippen LogP contribution in [0.2, 0.25) is 0 Å². The number of hydrogen-bond donors (Lipinski definition) is 3. The van der Waals surface area contributed by atoms with Gasteiger partial charge < -0.3 is 15.7 Å². The summed E-state index contributed by atoms with van der Waals surface area (Å²) in [5, 5.41) is 14.1. The zero-order chi connectivity index (χ0) is 15.1. The van der Waals surface area contributed by atoms with E-state index in [-0.39, 0.29) is 18.4 Å². The molecular formula is C16H18N2O3. The molecule has 110 valence electrons. The summed E-state index contributed by atoms with van der Waals surface area (Å²) >= 11 is 0. The molecule has 0 spiro atoms. The van der Waals surface area contributed by atoms with E-state index < -0.39 is 6.04 Å². The van der Waals surface area contributed by atoms with Crippen molar-refractivity contribution >= 4 is 11.8 Å². The van der Waals surface area contributed by atoms with Crippen LogP contribution in [-0.2, 0) is 16.1 Å². The molecule has 1 aliphatic rings. The molecule has 1 fully saturated rings. The van der Waals surface area contributed by atoms with E-state index in [0.29, 0.717) is 25.8 Å². The fourth-order valence-electron chi connectivity index (χ4n) is 2.05. The second kappa shape index (κ2) is 7.46. The van der Waals surface area contributed by atoms with Crippen LogP contribution in [0, 0.1) is 11.8 Å². The minimum Gasteiger partial charge on any atom is -0.395 e. The first kappa shape index (κ1) is 15.1. The highest BCUT2D eigenvalue weighted by Crippen LogP contribution is 2.07. The van der Waals surface area contributed by atoms with Gasteiger partial charge in [0.2, 0.25) is 11.8 Å². The fraction of sp³-hybridized carbons (Fsp3) is 0.375. The van der Waals surface area contributed by atoms with Crippen LogP contribution in [0.1, 0.15) is 30.4 Å². The topological polar surface area (TPSA) is 78.4 Å². The van der Waals surface area contributed by atoms with Crippen LogP contribution in [0.3, 0.4) is 0 Å². The lowest BCUT2D eigenvalue weighted by Gasteiger charge is -2.10. The van der Waals surface area contributed by atoms with Gasteiger partial charge in [0.1, 0.15) is 6.04 Å². The van der Waals surface area contributed by atoms with Crippen LogP contribution in [0.25, 0.3) is 0 Å². The Balaban J connectivity index is 1.82. The van der Waals surface area contributed by atoms with Crippen molar-refractivity contribution in [2.24, 2.45) is 0 Å². The molecule has 3 N–H and O–H groups in total. The first-order valence-electron chi connectivity index (χ1n) is 6.95. The number of benzene rings is 1. The molecule has 0 bridgehead atoms. The lowest BCUT2D eigenvalue weighted by Crippen LogP contribution is -2.41. The van der Waals surface area contributed by atoms with Crippen LogP contribution >= 0.6 is 0 Å². The molecule has 1 aliphatic heterocycles. The normalized spacial score (nSPS) is 16.8. The molecule has 0 saturated carbocycles. The minimum atomic E-state index is -0.402. The van der Waals surface area contributed by atoms with E-state index in [4.69, 9.17) is 5.11 Å². The molecule has 1 aromatic carbocycles. The number of aliphatic hydroxyl groups excluding tert-OH is 1. The summed E-state index contributed by atoms with van der Waals surface area (Å²) in [6, 6.07) is 7.15. The van der Waals surface area contributed by atoms with Crippen molar-refractivity contribution in [3.8, 4) is 11.8 Å².